The Morgan fingerprint density at radius 2 is 2.00 bits per heavy atom. The molecule has 0 radical (unpaired) electrons. The van der Waals surface area contributed by atoms with Gasteiger partial charge in [-0.05, 0) is 18.6 Å². The van der Waals surface area contributed by atoms with Gasteiger partial charge < -0.3 is 4.90 Å². The zero-order valence-corrected chi connectivity index (χ0v) is 8.85. The number of nitrogens with zero attached hydrogens (tertiary/aromatic N) is 2. The molecule has 5 nitrogen and oxygen atoms in total. The van der Waals surface area contributed by atoms with Crippen LogP contribution in [0.25, 0.3) is 0 Å². The van der Waals surface area contributed by atoms with E-state index in [9.17, 15) is 14.9 Å². The van der Waals surface area contributed by atoms with Crippen molar-refractivity contribution in [3.05, 3.63) is 33.4 Å². The largest absolute Gasteiger partial charge is 0.372 e. The van der Waals surface area contributed by atoms with Crippen LogP contribution in [0, 0.1) is 17.0 Å². The first kappa shape index (κ1) is 11.2. The molecule has 15 heavy (non-hydrogen) atoms. The minimum Gasteiger partial charge on any atom is -0.372 e. The maximum absolute atomic E-state index is 10.8. The lowest BCUT2D eigenvalue weighted by atomic mass is 10.1. The maximum Gasteiger partial charge on any atom is 0.293 e. The summed E-state index contributed by atoms with van der Waals surface area (Å²) in [5.41, 5.74) is 1.54. The molecule has 80 valence electrons. The topological polar surface area (TPSA) is 63.4 Å². The molecule has 1 aromatic rings. The summed E-state index contributed by atoms with van der Waals surface area (Å²) in [6.07, 6.45) is 0.627. The molecule has 1 aromatic carbocycles. The Labute approximate surface area is 87.5 Å². The molecule has 0 aromatic heterocycles. The number of aldehydes is 1. The number of carbonyl (C=O) groups excluding carboxylic acids is 1. The third-order valence-corrected chi connectivity index (χ3v) is 2.17. The van der Waals surface area contributed by atoms with Crippen LogP contribution < -0.4 is 4.90 Å². The van der Waals surface area contributed by atoms with E-state index in [1.54, 1.807) is 32.0 Å². The normalized spacial score (nSPS) is 9.80. The minimum atomic E-state index is -0.484. The molecule has 0 heterocycles. The van der Waals surface area contributed by atoms with Gasteiger partial charge in [0.05, 0.1) is 4.92 Å². The van der Waals surface area contributed by atoms with Crippen molar-refractivity contribution in [1.82, 2.24) is 0 Å². The van der Waals surface area contributed by atoms with Crippen molar-refractivity contribution >= 4 is 17.7 Å². The quantitative estimate of drug-likeness (QED) is 0.431. The van der Waals surface area contributed by atoms with Gasteiger partial charge >= 0.3 is 0 Å². The van der Waals surface area contributed by atoms with Crippen molar-refractivity contribution in [2.75, 3.05) is 19.0 Å². The molecule has 0 N–H and O–H groups in total. The van der Waals surface area contributed by atoms with Crippen LogP contribution in [0.4, 0.5) is 11.4 Å². The number of rotatable bonds is 3. The standard InChI is InChI=1S/C10H12N2O3/c1-7-4-9(11(2)3)10(12(14)15)5-8(7)6-13/h4-6H,1-3H3. The van der Waals surface area contributed by atoms with Gasteiger partial charge in [0.1, 0.15) is 5.69 Å². The Morgan fingerprint density at radius 3 is 2.40 bits per heavy atom. The van der Waals surface area contributed by atoms with Crippen molar-refractivity contribution in [3.8, 4) is 0 Å². The molecule has 5 heteroatoms. The highest BCUT2D eigenvalue weighted by Crippen LogP contribution is 2.29. The summed E-state index contributed by atoms with van der Waals surface area (Å²) < 4.78 is 0. The van der Waals surface area contributed by atoms with Crippen molar-refractivity contribution < 1.29 is 9.72 Å². The highest BCUT2D eigenvalue weighted by Gasteiger charge is 2.17. The molecule has 0 aliphatic carbocycles. The third kappa shape index (κ3) is 2.12. The Kier molecular flexibility index (Phi) is 3.04. The molecule has 0 unspecified atom stereocenters. The number of hydrogen-bond acceptors (Lipinski definition) is 4. The first-order valence-corrected chi connectivity index (χ1v) is 4.39. The van der Waals surface area contributed by atoms with E-state index < -0.39 is 4.92 Å². The zero-order chi connectivity index (χ0) is 11.6. The van der Waals surface area contributed by atoms with Crippen LogP contribution in [-0.2, 0) is 0 Å². The maximum atomic E-state index is 10.8. The van der Waals surface area contributed by atoms with Crippen molar-refractivity contribution in [1.29, 1.82) is 0 Å². The van der Waals surface area contributed by atoms with E-state index in [-0.39, 0.29) is 5.69 Å². The summed E-state index contributed by atoms with van der Waals surface area (Å²) in [5, 5.41) is 10.8. The Morgan fingerprint density at radius 1 is 1.40 bits per heavy atom. The number of nitro benzene ring substituents is 1. The average Bonchev–Trinajstić information content (AvgIpc) is 2.16. The van der Waals surface area contributed by atoms with Gasteiger partial charge in [0.15, 0.2) is 6.29 Å². The molecule has 0 fully saturated rings. The van der Waals surface area contributed by atoms with E-state index >= 15 is 0 Å². The summed E-state index contributed by atoms with van der Waals surface area (Å²) in [6.45, 7) is 1.75. The number of hydrogen-bond donors (Lipinski definition) is 0. The smallest absolute Gasteiger partial charge is 0.293 e. The molecule has 0 saturated heterocycles. The molecule has 0 aliphatic rings. The Balaban J connectivity index is 3.45. The molecule has 1 rings (SSSR count). The van der Waals surface area contributed by atoms with E-state index in [2.05, 4.69) is 0 Å². The molecule has 0 spiro atoms. The van der Waals surface area contributed by atoms with Crippen molar-refractivity contribution in [3.63, 3.8) is 0 Å². The highest BCUT2D eigenvalue weighted by molar-refractivity contribution is 5.82. The molecule has 0 atom stereocenters. The van der Waals surface area contributed by atoms with Crippen LogP contribution in [0.15, 0.2) is 12.1 Å². The fraction of sp³-hybridized carbons (Fsp3) is 0.300. The van der Waals surface area contributed by atoms with Gasteiger partial charge in [0, 0.05) is 25.7 Å². The molecule has 0 saturated carbocycles. The number of anilines is 1. The first-order valence-electron chi connectivity index (χ1n) is 4.39. The fourth-order valence-corrected chi connectivity index (χ4v) is 1.33. The van der Waals surface area contributed by atoms with E-state index in [4.69, 9.17) is 0 Å². The number of aryl methyl sites for hydroxylation is 1. The van der Waals surface area contributed by atoms with E-state index in [0.29, 0.717) is 17.5 Å². The molecular weight excluding hydrogens is 196 g/mol. The predicted molar refractivity (Wildman–Crippen MR) is 57.5 cm³/mol. The first-order chi connectivity index (χ1) is 6.97. The van der Waals surface area contributed by atoms with Crippen LogP contribution in [0.1, 0.15) is 15.9 Å². The summed E-state index contributed by atoms with van der Waals surface area (Å²) >= 11 is 0. The summed E-state index contributed by atoms with van der Waals surface area (Å²) in [6, 6.07) is 2.94. The second kappa shape index (κ2) is 4.08. The van der Waals surface area contributed by atoms with Gasteiger partial charge in [-0.15, -0.1) is 0 Å². The van der Waals surface area contributed by atoms with Crippen LogP contribution >= 0.6 is 0 Å². The van der Waals surface area contributed by atoms with Gasteiger partial charge in [0.2, 0.25) is 0 Å². The van der Waals surface area contributed by atoms with Crippen molar-refractivity contribution in [2.45, 2.75) is 6.92 Å². The van der Waals surface area contributed by atoms with E-state index in [1.165, 1.54) is 6.07 Å². The van der Waals surface area contributed by atoms with Gasteiger partial charge in [-0.1, -0.05) is 0 Å². The monoisotopic (exact) mass is 208 g/mol. The Hall–Kier alpha value is -1.91. The van der Waals surface area contributed by atoms with Gasteiger partial charge in [-0.25, -0.2) is 0 Å². The second-order valence-corrected chi connectivity index (χ2v) is 3.47. The van der Waals surface area contributed by atoms with Crippen LogP contribution in [0.2, 0.25) is 0 Å². The van der Waals surface area contributed by atoms with E-state index in [1.807, 2.05) is 0 Å². The zero-order valence-electron chi connectivity index (χ0n) is 8.85. The van der Waals surface area contributed by atoms with Crippen LogP contribution in [0.3, 0.4) is 0 Å². The molecule has 0 amide bonds. The van der Waals surface area contributed by atoms with Gasteiger partial charge in [-0.2, -0.15) is 0 Å². The van der Waals surface area contributed by atoms with Gasteiger partial charge in [-0.3, -0.25) is 14.9 Å². The number of nitro groups is 1. The van der Waals surface area contributed by atoms with Crippen LogP contribution in [-0.4, -0.2) is 25.3 Å². The summed E-state index contributed by atoms with van der Waals surface area (Å²) in [5.74, 6) is 0. The Bertz CT molecular complexity index is 413. The lowest BCUT2D eigenvalue weighted by Gasteiger charge is -2.14. The van der Waals surface area contributed by atoms with Gasteiger partial charge in [0.25, 0.3) is 5.69 Å². The third-order valence-electron chi connectivity index (χ3n) is 2.17. The summed E-state index contributed by atoms with van der Waals surface area (Å²) in [7, 11) is 3.45. The fourth-order valence-electron chi connectivity index (χ4n) is 1.33. The average molecular weight is 208 g/mol. The lowest BCUT2D eigenvalue weighted by Crippen LogP contribution is -2.11. The molecule has 0 aliphatic heterocycles. The van der Waals surface area contributed by atoms with Crippen LogP contribution in [0.5, 0.6) is 0 Å². The highest BCUT2D eigenvalue weighted by atomic mass is 16.6. The van der Waals surface area contributed by atoms with E-state index in [0.717, 1.165) is 5.56 Å². The molecule has 0 bridgehead atoms. The number of benzene rings is 1. The second-order valence-electron chi connectivity index (χ2n) is 3.47. The SMILES string of the molecule is Cc1cc(N(C)C)c([N+](=O)[O-])cc1C=O. The lowest BCUT2D eigenvalue weighted by molar-refractivity contribution is -0.384. The van der Waals surface area contributed by atoms with Crippen molar-refractivity contribution in [2.24, 2.45) is 0 Å². The summed E-state index contributed by atoms with van der Waals surface area (Å²) in [4.78, 5) is 22.6. The predicted octanol–water partition coefficient (Wildman–Crippen LogP) is 1.78. The minimum absolute atomic E-state index is 0.0484. The molecular formula is C10H12N2O3. The number of carbonyl (C=O) groups is 1.